The van der Waals surface area contributed by atoms with Gasteiger partial charge in [0.15, 0.2) is 6.61 Å². The molecular weight excluding hydrogens is 396 g/mol. The molecule has 2 saturated heterocycles. The van der Waals surface area contributed by atoms with Crippen LogP contribution in [0.15, 0.2) is 18.2 Å². The number of hydrogen-bond acceptors (Lipinski definition) is 5. The molecule has 1 aromatic carbocycles. The van der Waals surface area contributed by atoms with Crippen LogP contribution in [0.25, 0.3) is 0 Å². The van der Waals surface area contributed by atoms with Gasteiger partial charge in [-0.1, -0.05) is 12.1 Å². The number of rotatable bonds is 0. The molecule has 0 unspecified atom stereocenters. The molecule has 7 nitrogen and oxygen atoms in total. The summed E-state index contributed by atoms with van der Waals surface area (Å²) in [6.45, 7) is 4.94. The van der Waals surface area contributed by atoms with Gasteiger partial charge in [-0.25, -0.2) is 0 Å². The van der Waals surface area contributed by atoms with Crippen molar-refractivity contribution >= 4 is 11.8 Å². The average molecular weight is 429 g/mol. The number of nitrogens with one attached hydrogen (secondary N) is 1. The van der Waals surface area contributed by atoms with Crippen molar-refractivity contribution in [1.82, 2.24) is 10.2 Å². The molecule has 1 aromatic rings. The lowest BCUT2D eigenvalue weighted by atomic mass is 9.82. The number of carbonyl (C=O) groups is 2. The highest BCUT2D eigenvalue weighted by atomic mass is 16.5. The third-order valence-electron chi connectivity index (χ3n) is 7.50. The number of hydrogen-bond donors (Lipinski definition) is 1. The highest BCUT2D eigenvalue weighted by Gasteiger charge is 2.55. The molecule has 7 heteroatoms. The van der Waals surface area contributed by atoms with E-state index in [1.165, 1.54) is 5.56 Å². The SMILES string of the molecule is Cc1ccc2c(c1)OCC(=O)N1[C@H](C)C[C@@]3(COCC(=O)N3)[C@@H]1CO[C@H]1CC[C@@H]2CC1. The minimum Gasteiger partial charge on any atom is -0.483 e. The molecule has 4 heterocycles. The van der Waals surface area contributed by atoms with Crippen LogP contribution in [0, 0.1) is 6.92 Å². The highest BCUT2D eigenvalue weighted by Crippen LogP contribution is 2.41. The van der Waals surface area contributed by atoms with Crippen LogP contribution >= 0.6 is 0 Å². The van der Waals surface area contributed by atoms with Crippen LogP contribution in [0.1, 0.15) is 56.1 Å². The second-order valence-corrected chi connectivity index (χ2v) is 9.70. The van der Waals surface area contributed by atoms with Crippen molar-refractivity contribution in [3.63, 3.8) is 0 Å². The van der Waals surface area contributed by atoms with Crippen LogP contribution in [-0.2, 0) is 19.1 Å². The van der Waals surface area contributed by atoms with E-state index in [9.17, 15) is 9.59 Å². The lowest BCUT2D eigenvalue weighted by Crippen LogP contribution is -2.65. The lowest BCUT2D eigenvalue weighted by Gasteiger charge is -2.41. The number of aryl methyl sites for hydroxylation is 1. The molecule has 6 rings (SSSR count). The normalized spacial score (nSPS) is 36.0. The zero-order valence-corrected chi connectivity index (χ0v) is 18.4. The minimum atomic E-state index is -0.601. The molecule has 5 aliphatic rings. The standard InChI is InChI=1S/C24H32N2O5/c1-15-3-8-19-17-4-6-18(7-5-17)30-11-21-24(14-29-12-22(27)25-24)10-16(2)26(21)23(28)13-31-20(19)9-15/h3,8-9,16-18,21H,4-7,10-14H2,1-2H3,(H,25,27)/t16-,17-,18+,21+,24-/m1/s1. The number of morpholine rings is 1. The first-order valence-corrected chi connectivity index (χ1v) is 11.5. The van der Waals surface area contributed by atoms with Gasteiger partial charge in [0.25, 0.3) is 5.91 Å². The number of nitrogens with zero attached hydrogens (tertiary/aromatic N) is 1. The maximum Gasteiger partial charge on any atom is 0.261 e. The predicted molar refractivity (Wildman–Crippen MR) is 114 cm³/mol. The molecule has 168 valence electrons. The van der Waals surface area contributed by atoms with Crippen LogP contribution < -0.4 is 10.1 Å². The van der Waals surface area contributed by atoms with E-state index < -0.39 is 5.54 Å². The van der Waals surface area contributed by atoms with Crippen molar-refractivity contribution in [3.05, 3.63) is 29.3 Å². The van der Waals surface area contributed by atoms with Crippen LogP contribution in [-0.4, -0.2) is 66.9 Å². The van der Waals surface area contributed by atoms with E-state index in [4.69, 9.17) is 14.2 Å². The Labute approximate surface area is 183 Å². The molecule has 1 aliphatic carbocycles. The average Bonchev–Trinajstić information content (AvgIpc) is 3.01. The summed E-state index contributed by atoms with van der Waals surface area (Å²) in [6, 6.07) is 6.03. The summed E-state index contributed by atoms with van der Waals surface area (Å²) < 4.78 is 18.2. The van der Waals surface area contributed by atoms with Crippen molar-refractivity contribution in [2.45, 2.75) is 75.6 Å². The van der Waals surface area contributed by atoms with Gasteiger partial charge in [0.1, 0.15) is 12.4 Å². The van der Waals surface area contributed by atoms with E-state index in [0.717, 1.165) is 37.0 Å². The van der Waals surface area contributed by atoms with Gasteiger partial charge in [-0.2, -0.15) is 0 Å². The molecule has 0 radical (unpaired) electrons. The maximum atomic E-state index is 13.4. The topological polar surface area (TPSA) is 77.1 Å². The third-order valence-corrected chi connectivity index (χ3v) is 7.50. The van der Waals surface area contributed by atoms with Crippen LogP contribution in [0.4, 0.5) is 0 Å². The number of benzene rings is 1. The Morgan fingerprint density at radius 1 is 1.13 bits per heavy atom. The predicted octanol–water partition coefficient (Wildman–Crippen LogP) is 2.30. The second-order valence-electron chi connectivity index (χ2n) is 9.70. The van der Waals surface area contributed by atoms with Gasteiger partial charge >= 0.3 is 0 Å². The Bertz CT molecular complexity index is 866. The quantitative estimate of drug-likeness (QED) is 0.686. The summed E-state index contributed by atoms with van der Waals surface area (Å²) in [5.74, 6) is 1.06. The molecule has 31 heavy (non-hydrogen) atoms. The summed E-state index contributed by atoms with van der Waals surface area (Å²) in [5, 5.41) is 3.15. The highest BCUT2D eigenvalue weighted by molar-refractivity contribution is 5.81. The summed E-state index contributed by atoms with van der Waals surface area (Å²) >= 11 is 0. The van der Waals surface area contributed by atoms with Crippen LogP contribution in [0.3, 0.4) is 0 Å². The third kappa shape index (κ3) is 3.82. The minimum absolute atomic E-state index is 0.0156. The van der Waals surface area contributed by atoms with Gasteiger partial charge in [0.2, 0.25) is 5.91 Å². The number of fused-ring (bicyclic) bond motifs is 5. The van der Waals surface area contributed by atoms with Crippen LogP contribution in [0.5, 0.6) is 5.75 Å². The molecule has 1 N–H and O–H groups in total. The van der Waals surface area contributed by atoms with Gasteiger partial charge in [-0.3, -0.25) is 9.59 Å². The number of carbonyl (C=O) groups excluding carboxylic acids is 2. The van der Waals surface area contributed by atoms with E-state index in [1.807, 2.05) is 24.8 Å². The van der Waals surface area contributed by atoms with Crippen molar-refractivity contribution in [1.29, 1.82) is 0 Å². The van der Waals surface area contributed by atoms with Crippen molar-refractivity contribution in [3.8, 4) is 5.75 Å². The van der Waals surface area contributed by atoms with E-state index in [1.54, 1.807) is 0 Å². The summed E-state index contributed by atoms with van der Waals surface area (Å²) in [6.07, 6.45) is 4.91. The molecule has 1 saturated carbocycles. The Hall–Kier alpha value is -2.12. The molecule has 3 atom stereocenters. The fourth-order valence-corrected chi connectivity index (χ4v) is 6.05. The van der Waals surface area contributed by atoms with E-state index in [-0.39, 0.29) is 43.2 Å². The zero-order chi connectivity index (χ0) is 21.6. The maximum absolute atomic E-state index is 13.4. The Kier molecular flexibility index (Phi) is 5.42. The van der Waals surface area contributed by atoms with E-state index in [2.05, 4.69) is 17.4 Å². The Morgan fingerprint density at radius 3 is 2.71 bits per heavy atom. The van der Waals surface area contributed by atoms with Gasteiger partial charge < -0.3 is 24.4 Å². The first kappa shape index (κ1) is 20.8. The molecule has 0 aromatic heterocycles. The van der Waals surface area contributed by atoms with Gasteiger partial charge in [-0.05, 0) is 69.1 Å². The van der Waals surface area contributed by atoms with E-state index >= 15 is 0 Å². The van der Waals surface area contributed by atoms with Gasteiger partial charge in [0, 0.05) is 6.04 Å². The van der Waals surface area contributed by atoms with Crippen molar-refractivity contribution in [2.24, 2.45) is 0 Å². The van der Waals surface area contributed by atoms with Crippen molar-refractivity contribution in [2.75, 3.05) is 26.4 Å². The smallest absolute Gasteiger partial charge is 0.261 e. The van der Waals surface area contributed by atoms with Gasteiger partial charge in [0.05, 0.1) is 30.9 Å². The number of amides is 2. The first-order chi connectivity index (χ1) is 14.9. The summed E-state index contributed by atoms with van der Waals surface area (Å²) in [5.41, 5.74) is 1.73. The van der Waals surface area contributed by atoms with Gasteiger partial charge in [-0.15, -0.1) is 0 Å². The second kappa shape index (κ2) is 8.10. The number of ether oxygens (including phenoxy) is 3. The Balaban J connectivity index is 1.48. The lowest BCUT2D eigenvalue weighted by molar-refractivity contribution is -0.145. The summed E-state index contributed by atoms with van der Waals surface area (Å²) in [7, 11) is 0. The fraction of sp³-hybridized carbons (Fsp3) is 0.667. The van der Waals surface area contributed by atoms with Crippen LogP contribution in [0.2, 0.25) is 0 Å². The van der Waals surface area contributed by atoms with Crippen molar-refractivity contribution < 1.29 is 23.8 Å². The molecule has 2 bridgehead atoms. The fourth-order valence-electron chi connectivity index (χ4n) is 6.05. The molecule has 4 aliphatic heterocycles. The molecule has 1 spiro atoms. The molecule has 3 fully saturated rings. The summed E-state index contributed by atoms with van der Waals surface area (Å²) in [4.78, 5) is 27.5. The largest absolute Gasteiger partial charge is 0.483 e. The monoisotopic (exact) mass is 428 g/mol. The first-order valence-electron chi connectivity index (χ1n) is 11.5. The zero-order valence-electron chi connectivity index (χ0n) is 18.4. The van der Waals surface area contributed by atoms with E-state index in [0.29, 0.717) is 25.6 Å². The Morgan fingerprint density at radius 2 is 1.94 bits per heavy atom. The molecular formula is C24H32N2O5. The molecule has 2 amide bonds.